The molecule has 0 saturated carbocycles. The van der Waals surface area contributed by atoms with Crippen molar-refractivity contribution in [3.8, 4) is 0 Å². The summed E-state index contributed by atoms with van der Waals surface area (Å²) in [5, 5.41) is 8.84. The van der Waals surface area contributed by atoms with E-state index in [2.05, 4.69) is 20.9 Å². The average Bonchev–Trinajstić information content (AvgIpc) is 2.27. The zero-order chi connectivity index (χ0) is 16.5. The second-order valence-electron chi connectivity index (χ2n) is 5.90. The van der Waals surface area contributed by atoms with Crippen molar-refractivity contribution >= 4 is 21.7 Å². The number of amides is 1. The van der Waals surface area contributed by atoms with Crippen LogP contribution < -0.4 is 16.0 Å². The van der Waals surface area contributed by atoms with Gasteiger partial charge in [0.25, 0.3) is 0 Å². The van der Waals surface area contributed by atoms with Crippen LogP contribution in [0.3, 0.4) is 0 Å². The minimum atomic E-state index is -2.94. The van der Waals surface area contributed by atoms with Crippen molar-refractivity contribution in [1.29, 1.82) is 0 Å². The predicted octanol–water partition coefficient (Wildman–Crippen LogP) is -0.109. The Morgan fingerprint density at radius 2 is 1.81 bits per heavy atom. The van der Waals surface area contributed by atoms with Crippen LogP contribution in [-0.2, 0) is 14.6 Å². The van der Waals surface area contributed by atoms with Gasteiger partial charge in [-0.25, -0.2) is 13.4 Å². The number of aliphatic imine (C=N–C) groups is 1. The van der Waals surface area contributed by atoms with E-state index in [1.807, 2.05) is 27.7 Å². The summed E-state index contributed by atoms with van der Waals surface area (Å²) in [6.45, 7) is 8.82. The molecular formula is C13H28N4O3S. The van der Waals surface area contributed by atoms with Gasteiger partial charge in [0.05, 0.1) is 5.75 Å². The number of guanidine groups is 1. The van der Waals surface area contributed by atoms with Gasteiger partial charge in [-0.2, -0.15) is 0 Å². The summed E-state index contributed by atoms with van der Waals surface area (Å²) in [4.78, 5) is 15.8. The van der Waals surface area contributed by atoms with Gasteiger partial charge in [-0.05, 0) is 34.1 Å². The van der Waals surface area contributed by atoms with Crippen LogP contribution in [-0.4, -0.2) is 57.5 Å². The highest BCUT2D eigenvalue weighted by Crippen LogP contribution is 1.97. The first-order chi connectivity index (χ1) is 9.53. The van der Waals surface area contributed by atoms with Crippen molar-refractivity contribution in [3.05, 3.63) is 0 Å². The third kappa shape index (κ3) is 13.4. The van der Waals surface area contributed by atoms with Crippen molar-refractivity contribution < 1.29 is 13.2 Å². The standard InChI is InChI=1S/C13H28N4O3S/c1-6-14-12(15-8-7-9-21(5,19)20)16-10-11(18)17-13(2,3)4/h6-10H2,1-5H3,(H,17,18)(H2,14,15,16). The van der Waals surface area contributed by atoms with E-state index < -0.39 is 9.84 Å². The summed E-state index contributed by atoms with van der Waals surface area (Å²) in [5.41, 5.74) is -0.284. The second-order valence-corrected chi connectivity index (χ2v) is 8.16. The van der Waals surface area contributed by atoms with Crippen LogP contribution in [0.5, 0.6) is 0 Å². The molecule has 0 radical (unpaired) electrons. The van der Waals surface area contributed by atoms with Gasteiger partial charge in [0.2, 0.25) is 5.91 Å². The number of nitrogens with one attached hydrogen (secondary N) is 3. The Labute approximate surface area is 127 Å². The Morgan fingerprint density at radius 3 is 2.29 bits per heavy atom. The van der Waals surface area contributed by atoms with Crippen molar-refractivity contribution in [3.63, 3.8) is 0 Å². The van der Waals surface area contributed by atoms with E-state index in [0.29, 0.717) is 25.5 Å². The van der Waals surface area contributed by atoms with Gasteiger partial charge in [0.1, 0.15) is 16.4 Å². The van der Waals surface area contributed by atoms with E-state index >= 15 is 0 Å². The van der Waals surface area contributed by atoms with Crippen LogP contribution in [0.2, 0.25) is 0 Å². The molecule has 21 heavy (non-hydrogen) atoms. The number of hydrogen-bond acceptors (Lipinski definition) is 4. The fraction of sp³-hybridized carbons (Fsp3) is 0.846. The molecule has 0 saturated heterocycles. The van der Waals surface area contributed by atoms with E-state index in [9.17, 15) is 13.2 Å². The van der Waals surface area contributed by atoms with Gasteiger partial charge in [-0.3, -0.25) is 4.79 Å². The van der Waals surface area contributed by atoms with Crippen molar-refractivity contribution in [2.75, 3.05) is 31.6 Å². The molecule has 0 rings (SSSR count). The van der Waals surface area contributed by atoms with Crippen LogP contribution in [0.4, 0.5) is 0 Å². The number of sulfone groups is 1. The lowest BCUT2D eigenvalue weighted by Gasteiger charge is -2.20. The van der Waals surface area contributed by atoms with Crippen LogP contribution in [0.1, 0.15) is 34.1 Å². The molecule has 0 aromatic carbocycles. The fourth-order valence-electron chi connectivity index (χ4n) is 1.49. The van der Waals surface area contributed by atoms with E-state index in [1.54, 1.807) is 0 Å². The molecular weight excluding hydrogens is 292 g/mol. The van der Waals surface area contributed by atoms with E-state index in [4.69, 9.17) is 0 Å². The Bertz CT molecular complexity index is 453. The molecule has 0 spiro atoms. The minimum Gasteiger partial charge on any atom is -0.357 e. The van der Waals surface area contributed by atoms with Gasteiger partial charge in [-0.15, -0.1) is 0 Å². The summed E-state index contributed by atoms with van der Waals surface area (Å²) in [6, 6.07) is 0. The highest BCUT2D eigenvalue weighted by Gasteiger charge is 2.13. The Balaban J connectivity index is 4.27. The molecule has 0 atom stereocenters. The van der Waals surface area contributed by atoms with E-state index in [-0.39, 0.29) is 23.7 Å². The van der Waals surface area contributed by atoms with Crippen molar-refractivity contribution in [1.82, 2.24) is 16.0 Å². The average molecular weight is 320 g/mol. The quantitative estimate of drug-likeness (QED) is 0.345. The van der Waals surface area contributed by atoms with Gasteiger partial charge < -0.3 is 16.0 Å². The van der Waals surface area contributed by atoms with Crippen molar-refractivity contribution in [2.45, 2.75) is 39.7 Å². The van der Waals surface area contributed by atoms with Crippen LogP contribution in [0, 0.1) is 0 Å². The van der Waals surface area contributed by atoms with Gasteiger partial charge in [0, 0.05) is 24.9 Å². The molecule has 3 N–H and O–H groups in total. The molecule has 0 heterocycles. The maximum absolute atomic E-state index is 11.7. The lowest BCUT2D eigenvalue weighted by Crippen LogP contribution is -2.43. The minimum absolute atomic E-state index is 0.0265. The smallest absolute Gasteiger partial charge is 0.242 e. The molecule has 0 aromatic rings. The topological polar surface area (TPSA) is 99.7 Å². The largest absolute Gasteiger partial charge is 0.357 e. The molecule has 0 aliphatic rings. The SMILES string of the molecule is CCNC(=NCC(=O)NC(C)(C)C)NCCCS(C)(=O)=O. The highest BCUT2D eigenvalue weighted by molar-refractivity contribution is 7.90. The van der Waals surface area contributed by atoms with Gasteiger partial charge in [-0.1, -0.05) is 0 Å². The monoisotopic (exact) mass is 320 g/mol. The molecule has 1 amide bonds. The number of carbonyl (C=O) groups excluding carboxylic acids is 1. The lowest BCUT2D eigenvalue weighted by molar-refractivity contribution is -0.121. The lowest BCUT2D eigenvalue weighted by atomic mass is 10.1. The third-order valence-corrected chi connectivity index (χ3v) is 3.25. The van der Waals surface area contributed by atoms with E-state index in [0.717, 1.165) is 0 Å². The number of rotatable bonds is 7. The molecule has 124 valence electrons. The summed E-state index contributed by atoms with van der Waals surface area (Å²) in [6.07, 6.45) is 1.71. The predicted molar refractivity (Wildman–Crippen MR) is 86.2 cm³/mol. The summed E-state index contributed by atoms with van der Waals surface area (Å²) in [5.74, 6) is 0.482. The normalized spacial score (nSPS) is 12.9. The molecule has 0 fully saturated rings. The van der Waals surface area contributed by atoms with Gasteiger partial charge >= 0.3 is 0 Å². The van der Waals surface area contributed by atoms with Crippen molar-refractivity contribution in [2.24, 2.45) is 4.99 Å². The molecule has 0 unspecified atom stereocenters. The Morgan fingerprint density at radius 1 is 1.19 bits per heavy atom. The third-order valence-electron chi connectivity index (χ3n) is 2.22. The Kier molecular flexibility index (Phi) is 8.31. The molecule has 0 bridgehead atoms. The van der Waals surface area contributed by atoms with E-state index in [1.165, 1.54) is 6.26 Å². The van der Waals surface area contributed by atoms with Crippen LogP contribution in [0.15, 0.2) is 4.99 Å². The number of hydrogen-bond donors (Lipinski definition) is 3. The molecule has 0 aromatic heterocycles. The summed E-state index contributed by atoms with van der Waals surface area (Å²) in [7, 11) is -2.94. The summed E-state index contributed by atoms with van der Waals surface area (Å²) >= 11 is 0. The first-order valence-corrected chi connectivity index (χ1v) is 9.10. The molecule has 0 aliphatic carbocycles. The number of nitrogens with zero attached hydrogens (tertiary/aromatic N) is 1. The maximum atomic E-state index is 11.7. The molecule has 7 nitrogen and oxygen atoms in total. The zero-order valence-electron chi connectivity index (χ0n) is 13.6. The van der Waals surface area contributed by atoms with Crippen LogP contribution in [0.25, 0.3) is 0 Å². The zero-order valence-corrected chi connectivity index (χ0v) is 14.4. The first-order valence-electron chi connectivity index (χ1n) is 7.04. The number of carbonyl (C=O) groups is 1. The maximum Gasteiger partial charge on any atom is 0.242 e. The fourth-order valence-corrected chi connectivity index (χ4v) is 2.16. The highest BCUT2D eigenvalue weighted by atomic mass is 32.2. The molecule has 0 aliphatic heterocycles. The Hall–Kier alpha value is -1.31. The second kappa shape index (κ2) is 8.86. The molecule has 8 heteroatoms. The van der Waals surface area contributed by atoms with Crippen LogP contribution >= 0.6 is 0 Å². The van der Waals surface area contributed by atoms with Gasteiger partial charge in [0.15, 0.2) is 5.96 Å². The summed E-state index contributed by atoms with van der Waals surface area (Å²) < 4.78 is 22.0. The first kappa shape index (κ1) is 19.7.